The molecule has 0 saturated heterocycles. The van der Waals surface area contributed by atoms with Crippen LogP contribution in [0.3, 0.4) is 0 Å². The van der Waals surface area contributed by atoms with Gasteiger partial charge in [0.05, 0.1) is 12.7 Å². The Kier molecular flexibility index (Phi) is 5.48. The Morgan fingerprint density at radius 3 is 2.50 bits per heavy atom. The maximum absolute atomic E-state index is 11.8. The van der Waals surface area contributed by atoms with Crippen LogP contribution in [0.2, 0.25) is 0 Å². The Morgan fingerprint density at radius 1 is 1.20 bits per heavy atom. The summed E-state index contributed by atoms with van der Waals surface area (Å²) in [6.07, 6.45) is 1.03. The summed E-state index contributed by atoms with van der Waals surface area (Å²) in [5.74, 6) is -0.295. The van der Waals surface area contributed by atoms with E-state index in [0.29, 0.717) is 5.56 Å². The lowest BCUT2D eigenvalue weighted by Crippen LogP contribution is -2.03. The first kappa shape index (κ1) is 15.4. The van der Waals surface area contributed by atoms with Crippen molar-refractivity contribution in [3.8, 4) is 0 Å². The van der Waals surface area contributed by atoms with Crippen molar-refractivity contribution in [3.05, 3.63) is 57.2 Å². The zero-order valence-electron chi connectivity index (χ0n) is 11.4. The van der Waals surface area contributed by atoms with Crippen molar-refractivity contribution >= 4 is 40.3 Å². The first-order valence-corrected chi connectivity index (χ1v) is 8.18. The minimum Gasteiger partial charge on any atom is -0.465 e. The molecular weight excluding hydrogens is 383 g/mol. The first-order valence-electron chi connectivity index (χ1n) is 6.28. The summed E-state index contributed by atoms with van der Waals surface area (Å²) in [6.45, 7) is 2.14. The highest BCUT2D eigenvalue weighted by Crippen LogP contribution is 2.32. The van der Waals surface area contributed by atoms with E-state index in [0.717, 1.165) is 19.8 Å². The van der Waals surface area contributed by atoms with Crippen LogP contribution in [0.4, 0.5) is 0 Å². The SMILES string of the molecule is CCc1ccc(Sc2ccc(I)cc2C(=O)OC)cc1. The lowest BCUT2D eigenvalue weighted by atomic mass is 10.2. The number of hydrogen-bond donors (Lipinski definition) is 0. The van der Waals surface area contributed by atoms with Crippen molar-refractivity contribution in [3.63, 3.8) is 0 Å². The third kappa shape index (κ3) is 3.76. The second kappa shape index (κ2) is 7.13. The zero-order valence-corrected chi connectivity index (χ0v) is 14.3. The fraction of sp³-hybridized carbons (Fsp3) is 0.188. The van der Waals surface area contributed by atoms with Gasteiger partial charge in [0.1, 0.15) is 0 Å². The summed E-state index contributed by atoms with van der Waals surface area (Å²) in [5.41, 5.74) is 1.93. The van der Waals surface area contributed by atoms with Gasteiger partial charge in [0.15, 0.2) is 0 Å². The number of aryl methyl sites for hydroxylation is 1. The van der Waals surface area contributed by atoms with Crippen molar-refractivity contribution in [1.29, 1.82) is 0 Å². The van der Waals surface area contributed by atoms with Crippen molar-refractivity contribution in [2.24, 2.45) is 0 Å². The highest BCUT2D eigenvalue weighted by Gasteiger charge is 2.13. The predicted octanol–water partition coefficient (Wildman–Crippen LogP) is 4.79. The molecule has 0 spiro atoms. The summed E-state index contributed by atoms with van der Waals surface area (Å²) in [4.78, 5) is 13.9. The minimum absolute atomic E-state index is 0.295. The van der Waals surface area contributed by atoms with E-state index in [9.17, 15) is 4.79 Å². The van der Waals surface area contributed by atoms with Gasteiger partial charge in [0, 0.05) is 13.4 Å². The number of halogens is 1. The summed E-state index contributed by atoms with van der Waals surface area (Å²) >= 11 is 3.78. The Bertz CT molecular complexity index is 608. The van der Waals surface area contributed by atoms with E-state index in [-0.39, 0.29) is 5.97 Å². The quantitative estimate of drug-likeness (QED) is 0.547. The lowest BCUT2D eigenvalue weighted by molar-refractivity contribution is 0.0596. The lowest BCUT2D eigenvalue weighted by Gasteiger charge is -2.08. The molecule has 0 heterocycles. The summed E-state index contributed by atoms with van der Waals surface area (Å²) < 4.78 is 5.87. The Morgan fingerprint density at radius 2 is 1.90 bits per heavy atom. The average molecular weight is 398 g/mol. The highest BCUT2D eigenvalue weighted by molar-refractivity contribution is 14.1. The monoisotopic (exact) mass is 398 g/mol. The molecule has 0 aliphatic heterocycles. The van der Waals surface area contributed by atoms with Gasteiger partial charge in [-0.15, -0.1) is 0 Å². The van der Waals surface area contributed by atoms with Crippen LogP contribution in [0.1, 0.15) is 22.8 Å². The van der Waals surface area contributed by atoms with Gasteiger partial charge in [-0.3, -0.25) is 0 Å². The number of esters is 1. The van der Waals surface area contributed by atoms with Gasteiger partial charge in [0.2, 0.25) is 0 Å². The fourth-order valence-electron chi connectivity index (χ4n) is 1.78. The predicted molar refractivity (Wildman–Crippen MR) is 90.4 cm³/mol. The van der Waals surface area contributed by atoms with Gasteiger partial charge < -0.3 is 4.74 Å². The second-order valence-corrected chi connectivity index (χ2v) is 6.59. The molecule has 0 N–H and O–H groups in total. The van der Waals surface area contributed by atoms with Gasteiger partial charge in [-0.25, -0.2) is 4.79 Å². The van der Waals surface area contributed by atoms with E-state index >= 15 is 0 Å². The smallest absolute Gasteiger partial charge is 0.339 e. The maximum Gasteiger partial charge on any atom is 0.339 e. The molecule has 0 aliphatic carbocycles. The van der Waals surface area contributed by atoms with Gasteiger partial charge in [-0.1, -0.05) is 30.8 Å². The molecule has 2 nitrogen and oxygen atoms in total. The molecule has 20 heavy (non-hydrogen) atoms. The standard InChI is InChI=1S/C16H15IO2S/c1-3-11-4-7-13(8-5-11)20-15-9-6-12(17)10-14(15)16(18)19-2/h4-10H,3H2,1-2H3. The molecule has 0 bridgehead atoms. The van der Waals surface area contributed by atoms with Crippen molar-refractivity contribution in [1.82, 2.24) is 0 Å². The average Bonchev–Trinajstić information content (AvgIpc) is 2.49. The maximum atomic E-state index is 11.8. The van der Waals surface area contributed by atoms with E-state index in [1.807, 2.05) is 18.2 Å². The van der Waals surface area contributed by atoms with E-state index in [1.54, 1.807) is 11.8 Å². The number of ether oxygens (including phenoxy) is 1. The zero-order chi connectivity index (χ0) is 14.5. The van der Waals surface area contributed by atoms with Crippen LogP contribution in [0, 0.1) is 3.57 Å². The molecule has 0 aliphatic rings. The molecule has 2 rings (SSSR count). The van der Waals surface area contributed by atoms with Gasteiger partial charge in [-0.05, 0) is 64.9 Å². The number of carbonyl (C=O) groups excluding carboxylic acids is 1. The minimum atomic E-state index is -0.295. The number of carbonyl (C=O) groups is 1. The first-order chi connectivity index (χ1) is 9.63. The van der Waals surface area contributed by atoms with E-state index in [1.165, 1.54) is 12.7 Å². The van der Waals surface area contributed by atoms with Crippen LogP contribution in [0.15, 0.2) is 52.3 Å². The van der Waals surface area contributed by atoms with Gasteiger partial charge >= 0.3 is 5.97 Å². The molecule has 0 saturated carbocycles. The van der Waals surface area contributed by atoms with Crippen LogP contribution < -0.4 is 0 Å². The van der Waals surface area contributed by atoms with E-state index < -0.39 is 0 Å². The molecule has 0 radical (unpaired) electrons. The molecule has 4 heteroatoms. The van der Waals surface area contributed by atoms with Crippen LogP contribution in [0.25, 0.3) is 0 Å². The summed E-state index contributed by atoms with van der Waals surface area (Å²) in [6, 6.07) is 14.2. The van der Waals surface area contributed by atoms with Crippen LogP contribution in [-0.2, 0) is 11.2 Å². The summed E-state index contributed by atoms with van der Waals surface area (Å²) in [5, 5.41) is 0. The van der Waals surface area contributed by atoms with E-state index in [2.05, 4.69) is 53.8 Å². The molecule has 2 aromatic carbocycles. The highest BCUT2D eigenvalue weighted by atomic mass is 127. The number of methoxy groups -OCH3 is 1. The molecular formula is C16H15IO2S. The third-order valence-electron chi connectivity index (χ3n) is 2.91. The van der Waals surface area contributed by atoms with Crippen LogP contribution in [-0.4, -0.2) is 13.1 Å². The number of rotatable bonds is 4. The second-order valence-electron chi connectivity index (χ2n) is 4.23. The fourth-order valence-corrected chi connectivity index (χ4v) is 3.19. The molecule has 0 fully saturated rings. The summed E-state index contributed by atoms with van der Waals surface area (Å²) in [7, 11) is 1.41. The molecule has 0 aromatic heterocycles. The third-order valence-corrected chi connectivity index (χ3v) is 4.66. The van der Waals surface area contributed by atoms with Crippen molar-refractivity contribution < 1.29 is 9.53 Å². The topological polar surface area (TPSA) is 26.3 Å². The molecule has 0 unspecified atom stereocenters. The normalized spacial score (nSPS) is 10.3. The number of benzene rings is 2. The largest absolute Gasteiger partial charge is 0.465 e. The van der Waals surface area contributed by atoms with Gasteiger partial charge in [-0.2, -0.15) is 0 Å². The Hall–Kier alpha value is -1.01. The van der Waals surface area contributed by atoms with Crippen LogP contribution in [0.5, 0.6) is 0 Å². The van der Waals surface area contributed by atoms with Gasteiger partial charge in [0.25, 0.3) is 0 Å². The van der Waals surface area contributed by atoms with E-state index in [4.69, 9.17) is 4.74 Å². The molecule has 0 atom stereocenters. The van der Waals surface area contributed by atoms with Crippen molar-refractivity contribution in [2.75, 3.05) is 7.11 Å². The Balaban J connectivity index is 2.30. The molecule has 104 valence electrons. The van der Waals surface area contributed by atoms with Crippen LogP contribution >= 0.6 is 34.4 Å². The van der Waals surface area contributed by atoms with Crippen molar-refractivity contribution in [2.45, 2.75) is 23.1 Å². The Labute approximate surface area is 137 Å². The molecule has 0 amide bonds. The number of hydrogen-bond acceptors (Lipinski definition) is 3. The molecule has 2 aromatic rings.